The number of carbonyl (C=O) groups excluding carboxylic acids is 1. The number of esters is 1. The number of nitrogens with zero attached hydrogens (tertiary/aromatic N) is 2. The van der Waals surface area contributed by atoms with Gasteiger partial charge in [-0.2, -0.15) is 9.78 Å². The van der Waals surface area contributed by atoms with Gasteiger partial charge in [-0.15, -0.1) is 0 Å². The second-order valence-electron chi connectivity index (χ2n) is 5.79. The molecule has 1 aromatic heterocycles. The zero-order valence-electron chi connectivity index (χ0n) is 14.0. The molecular weight excluding hydrogens is 364 g/mol. The van der Waals surface area contributed by atoms with E-state index in [9.17, 15) is 9.59 Å². The molecule has 0 saturated carbocycles. The summed E-state index contributed by atoms with van der Waals surface area (Å²) in [6.07, 6.45) is 0. The summed E-state index contributed by atoms with van der Waals surface area (Å²) in [4.78, 5) is 25.6. The molecule has 0 aliphatic rings. The van der Waals surface area contributed by atoms with E-state index in [1.807, 2.05) is 6.07 Å². The molecular formula is C21H13ClN2O3. The lowest BCUT2D eigenvalue weighted by Gasteiger charge is -2.11. The summed E-state index contributed by atoms with van der Waals surface area (Å²) >= 11 is 5.92. The van der Waals surface area contributed by atoms with E-state index in [-0.39, 0.29) is 11.3 Å². The van der Waals surface area contributed by atoms with Crippen molar-refractivity contribution < 1.29 is 9.53 Å². The highest BCUT2D eigenvalue weighted by atomic mass is 35.5. The van der Waals surface area contributed by atoms with Crippen molar-refractivity contribution in [3.05, 3.63) is 99.9 Å². The number of ether oxygens (including phenoxy) is 1. The Balaban J connectivity index is 1.89. The maximum Gasteiger partial charge on any atom is 0.364 e. The van der Waals surface area contributed by atoms with Gasteiger partial charge < -0.3 is 4.74 Å². The molecule has 1 heterocycles. The highest BCUT2D eigenvalue weighted by molar-refractivity contribution is 6.30. The Morgan fingerprint density at radius 3 is 2.19 bits per heavy atom. The third-order valence-corrected chi connectivity index (χ3v) is 4.28. The number of hydrogen-bond donors (Lipinski definition) is 0. The smallest absolute Gasteiger partial charge is 0.364 e. The standard InChI is InChI=1S/C21H13ClN2O3/c22-14-10-12-15(13-11-14)24-20(25)18-9-5-4-8-17(18)19(23-24)21(26)27-16-6-2-1-3-7-16/h1-13H. The van der Waals surface area contributed by atoms with Crippen LogP contribution in [0.2, 0.25) is 5.02 Å². The first kappa shape index (κ1) is 17.0. The first-order valence-corrected chi connectivity index (χ1v) is 8.56. The molecule has 0 fully saturated rings. The lowest BCUT2D eigenvalue weighted by molar-refractivity contribution is 0.0729. The molecule has 4 aromatic rings. The Hall–Kier alpha value is -3.44. The maximum absolute atomic E-state index is 12.9. The molecule has 27 heavy (non-hydrogen) atoms. The van der Waals surface area contributed by atoms with Crippen molar-refractivity contribution in [2.45, 2.75) is 0 Å². The molecule has 0 N–H and O–H groups in total. The van der Waals surface area contributed by atoms with Crippen LogP contribution in [-0.2, 0) is 0 Å². The average Bonchev–Trinajstić information content (AvgIpc) is 2.70. The molecule has 4 rings (SSSR count). The summed E-state index contributed by atoms with van der Waals surface area (Å²) in [6.45, 7) is 0. The van der Waals surface area contributed by atoms with Gasteiger partial charge in [0.2, 0.25) is 0 Å². The van der Waals surface area contributed by atoms with E-state index in [1.165, 1.54) is 4.68 Å². The Morgan fingerprint density at radius 2 is 1.48 bits per heavy atom. The van der Waals surface area contributed by atoms with Crippen molar-refractivity contribution in [2.75, 3.05) is 0 Å². The van der Waals surface area contributed by atoms with Gasteiger partial charge in [0.25, 0.3) is 5.56 Å². The summed E-state index contributed by atoms with van der Waals surface area (Å²) in [5, 5.41) is 5.64. The molecule has 0 unspecified atom stereocenters. The van der Waals surface area contributed by atoms with Crippen LogP contribution in [0.5, 0.6) is 5.75 Å². The molecule has 0 spiro atoms. The summed E-state index contributed by atoms with van der Waals surface area (Å²) in [5.74, 6) is -0.238. The van der Waals surface area contributed by atoms with Crippen LogP contribution in [-0.4, -0.2) is 15.7 Å². The predicted molar refractivity (Wildman–Crippen MR) is 104 cm³/mol. The normalized spacial score (nSPS) is 10.7. The molecule has 3 aromatic carbocycles. The van der Waals surface area contributed by atoms with Gasteiger partial charge in [0.15, 0.2) is 5.69 Å². The lowest BCUT2D eigenvalue weighted by Crippen LogP contribution is -2.25. The van der Waals surface area contributed by atoms with Crippen molar-refractivity contribution in [3.8, 4) is 11.4 Å². The first-order valence-electron chi connectivity index (χ1n) is 8.19. The zero-order valence-corrected chi connectivity index (χ0v) is 14.8. The predicted octanol–water partition coefficient (Wildman–Crippen LogP) is 4.26. The quantitative estimate of drug-likeness (QED) is 0.396. The second kappa shape index (κ2) is 7.05. The van der Waals surface area contributed by atoms with Crippen molar-refractivity contribution in [2.24, 2.45) is 0 Å². The van der Waals surface area contributed by atoms with Crippen LogP contribution in [0.25, 0.3) is 16.5 Å². The Kier molecular flexibility index (Phi) is 4.44. The maximum atomic E-state index is 12.9. The third kappa shape index (κ3) is 3.32. The van der Waals surface area contributed by atoms with E-state index in [0.29, 0.717) is 27.2 Å². The van der Waals surface area contributed by atoms with Crippen LogP contribution >= 0.6 is 11.6 Å². The number of para-hydroxylation sites is 1. The van der Waals surface area contributed by atoms with E-state index in [2.05, 4.69) is 5.10 Å². The van der Waals surface area contributed by atoms with Gasteiger partial charge in [-0.25, -0.2) is 4.79 Å². The van der Waals surface area contributed by atoms with Crippen LogP contribution in [0.3, 0.4) is 0 Å². The van der Waals surface area contributed by atoms with Crippen LogP contribution in [0, 0.1) is 0 Å². The molecule has 0 aliphatic heterocycles. The number of rotatable bonds is 3. The zero-order chi connectivity index (χ0) is 18.8. The minimum absolute atomic E-state index is 0.0593. The largest absolute Gasteiger partial charge is 0.422 e. The van der Waals surface area contributed by atoms with Gasteiger partial charge in [-0.3, -0.25) is 4.79 Å². The minimum atomic E-state index is -0.639. The summed E-state index contributed by atoms with van der Waals surface area (Å²) in [6, 6.07) is 22.2. The number of fused-ring (bicyclic) bond motifs is 1. The van der Waals surface area contributed by atoms with Crippen LogP contribution in [0.1, 0.15) is 10.5 Å². The molecule has 0 bridgehead atoms. The van der Waals surface area contributed by atoms with Gasteiger partial charge in [0.1, 0.15) is 5.75 Å². The Bertz CT molecular complexity index is 1190. The lowest BCUT2D eigenvalue weighted by atomic mass is 10.1. The van der Waals surface area contributed by atoms with Gasteiger partial charge in [-0.1, -0.05) is 48.0 Å². The molecule has 5 nitrogen and oxygen atoms in total. The monoisotopic (exact) mass is 376 g/mol. The first-order chi connectivity index (χ1) is 13.1. The van der Waals surface area contributed by atoms with Crippen molar-refractivity contribution in [3.63, 3.8) is 0 Å². The summed E-state index contributed by atoms with van der Waals surface area (Å²) < 4.78 is 6.60. The number of benzene rings is 3. The number of carbonyl (C=O) groups is 1. The van der Waals surface area contributed by atoms with Crippen molar-refractivity contribution in [1.29, 1.82) is 0 Å². The van der Waals surface area contributed by atoms with E-state index in [0.717, 1.165) is 0 Å². The highest BCUT2D eigenvalue weighted by Gasteiger charge is 2.19. The number of aromatic nitrogens is 2. The van der Waals surface area contributed by atoms with E-state index in [1.54, 1.807) is 72.8 Å². The average molecular weight is 377 g/mol. The van der Waals surface area contributed by atoms with Crippen LogP contribution in [0.4, 0.5) is 0 Å². The number of hydrogen-bond acceptors (Lipinski definition) is 4. The molecule has 0 aliphatic carbocycles. The third-order valence-electron chi connectivity index (χ3n) is 4.02. The fourth-order valence-corrected chi connectivity index (χ4v) is 2.87. The molecule has 6 heteroatoms. The topological polar surface area (TPSA) is 61.2 Å². The summed E-state index contributed by atoms with van der Waals surface area (Å²) in [7, 11) is 0. The van der Waals surface area contributed by atoms with Crippen molar-refractivity contribution in [1.82, 2.24) is 9.78 Å². The van der Waals surface area contributed by atoms with Gasteiger partial charge >= 0.3 is 5.97 Å². The second-order valence-corrected chi connectivity index (χ2v) is 6.23. The van der Waals surface area contributed by atoms with Gasteiger partial charge in [0, 0.05) is 10.4 Å². The molecule has 0 radical (unpaired) electrons. The van der Waals surface area contributed by atoms with E-state index >= 15 is 0 Å². The fourth-order valence-electron chi connectivity index (χ4n) is 2.74. The fraction of sp³-hybridized carbons (Fsp3) is 0. The highest BCUT2D eigenvalue weighted by Crippen LogP contribution is 2.19. The van der Waals surface area contributed by atoms with Crippen LogP contribution in [0.15, 0.2) is 83.7 Å². The Labute approximate surface area is 159 Å². The molecule has 132 valence electrons. The molecule has 0 atom stereocenters. The SMILES string of the molecule is O=C(Oc1ccccc1)c1nn(-c2ccc(Cl)cc2)c(=O)c2ccccc12. The Morgan fingerprint density at radius 1 is 0.852 bits per heavy atom. The van der Waals surface area contributed by atoms with Gasteiger partial charge in [0.05, 0.1) is 11.1 Å². The van der Waals surface area contributed by atoms with Gasteiger partial charge in [-0.05, 0) is 42.5 Å². The molecule has 0 amide bonds. The van der Waals surface area contributed by atoms with E-state index < -0.39 is 5.97 Å². The molecule has 0 saturated heterocycles. The van der Waals surface area contributed by atoms with E-state index in [4.69, 9.17) is 16.3 Å². The summed E-state index contributed by atoms with van der Waals surface area (Å²) in [5.41, 5.74) is 0.233. The minimum Gasteiger partial charge on any atom is -0.422 e. The van der Waals surface area contributed by atoms with Crippen LogP contribution < -0.4 is 10.3 Å². The number of halogens is 1. The van der Waals surface area contributed by atoms with Crippen molar-refractivity contribution >= 4 is 28.3 Å².